The van der Waals surface area contributed by atoms with Crippen molar-refractivity contribution in [2.45, 2.75) is 37.1 Å². The molecule has 0 radical (unpaired) electrons. The highest BCUT2D eigenvalue weighted by Gasteiger charge is 2.29. The molecule has 0 fully saturated rings. The second-order valence-corrected chi connectivity index (χ2v) is 5.67. The van der Waals surface area contributed by atoms with Crippen LogP contribution in [0, 0.1) is 0 Å². The Morgan fingerprint density at radius 2 is 2.10 bits per heavy atom. The van der Waals surface area contributed by atoms with Crippen molar-refractivity contribution in [3.05, 3.63) is 59.3 Å². The topological polar surface area (TPSA) is 64.9 Å². The number of aromatic nitrogens is 2. The number of nitrogens with zero attached hydrogens (tertiary/aromatic N) is 2. The molecule has 2 aromatic rings. The smallest absolute Gasteiger partial charge is 0.233 e. The van der Waals surface area contributed by atoms with Crippen molar-refractivity contribution < 1.29 is 4.52 Å². The van der Waals surface area contributed by atoms with Crippen LogP contribution < -0.4 is 5.73 Å². The van der Waals surface area contributed by atoms with E-state index in [-0.39, 0.29) is 17.9 Å². The third-order valence-electron chi connectivity index (χ3n) is 4.34. The molecule has 3 unspecified atom stereocenters. The molecule has 0 spiro atoms. The van der Waals surface area contributed by atoms with Crippen LogP contribution in [0.1, 0.15) is 47.5 Å². The van der Waals surface area contributed by atoms with Crippen molar-refractivity contribution in [2.75, 3.05) is 0 Å². The van der Waals surface area contributed by atoms with Gasteiger partial charge in [0.2, 0.25) is 5.89 Å². The molecule has 2 aliphatic carbocycles. The Balaban J connectivity index is 1.62. The molecule has 4 rings (SSSR count). The van der Waals surface area contributed by atoms with Crippen LogP contribution in [0.3, 0.4) is 0 Å². The molecule has 1 heterocycles. The van der Waals surface area contributed by atoms with Gasteiger partial charge in [0.25, 0.3) is 0 Å². The summed E-state index contributed by atoms with van der Waals surface area (Å²) in [4.78, 5) is 4.62. The Bertz CT molecular complexity index is 661. The first-order chi connectivity index (χ1) is 9.81. The summed E-state index contributed by atoms with van der Waals surface area (Å²) in [7, 11) is 0. The maximum Gasteiger partial charge on any atom is 0.233 e. The molecule has 0 amide bonds. The normalized spacial score (nSPS) is 27.9. The van der Waals surface area contributed by atoms with Crippen molar-refractivity contribution in [1.82, 2.24) is 10.1 Å². The van der Waals surface area contributed by atoms with E-state index in [0.717, 1.165) is 25.1 Å². The van der Waals surface area contributed by atoms with Crippen LogP contribution in [0.5, 0.6) is 0 Å². The van der Waals surface area contributed by atoms with Gasteiger partial charge in [-0.25, -0.2) is 0 Å². The third kappa shape index (κ3) is 1.88. The fourth-order valence-electron chi connectivity index (χ4n) is 3.28. The maximum absolute atomic E-state index is 5.88. The minimum absolute atomic E-state index is 0.113. The number of nitrogens with two attached hydrogens (primary N) is 1. The van der Waals surface area contributed by atoms with Gasteiger partial charge in [0.1, 0.15) is 0 Å². The summed E-state index contributed by atoms with van der Waals surface area (Å²) in [5, 5.41) is 4.21. The van der Waals surface area contributed by atoms with Crippen LogP contribution in [-0.2, 0) is 6.42 Å². The lowest BCUT2D eigenvalue weighted by Crippen LogP contribution is -2.14. The highest BCUT2D eigenvalue weighted by Crippen LogP contribution is 2.37. The predicted octanol–water partition coefficient (Wildman–Crippen LogP) is 2.52. The van der Waals surface area contributed by atoms with Crippen molar-refractivity contribution in [3.8, 4) is 0 Å². The minimum Gasteiger partial charge on any atom is -0.339 e. The van der Waals surface area contributed by atoms with Gasteiger partial charge in [-0.1, -0.05) is 41.6 Å². The first-order valence-corrected chi connectivity index (χ1v) is 7.16. The second kappa shape index (κ2) is 4.56. The lowest BCUT2D eigenvalue weighted by Gasteiger charge is -2.06. The molecular formula is C16H17N3O. The van der Waals surface area contributed by atoms with E-state index in [2.05, 4.69) is 40.5 Å². The van der Waals surface area contributed by atoms with E-state index in [1.807, 2.05) is 6.08 Å². The fraction of sp³-hybridized carbons (Fsp3) is 0.375. The number of benzene rings is 1. The Labute approximate surface area is 117 Å². The zero-order valence-corrected chi connectivity index (χ0v) is 11.2. The SMILES string of the molecule is NC1C=CC(c2nc(C3CCc4ccccc43)no2)C1. The van der Waals surface area contributed by atoms with Crippen molar-refractivity contribution >= 4 is 0 Å². The summed E-state index contributed by atoms with van der Waals surface area (Å²) in [6.45, 7) is 0. The van der Waals surface area contributed by atoms with Gasteiger partial charge in [0.05, 0.1) is 5.92 Å². The average molecular weight is 267 g/mol. The van der Waals surface area contributed by atoms with Gasteiger partial charge in [0.15, 0.2) is 5.82 Å². The van der Waals surface area contributed by atoms with Gasteiger partial charge in [-0.15, -0.1) is 0 Å². The third-order valence-corrected chi connectivity index (χ3v) is 4.34. The number of allylic oxidation sites excluding steroid dienone is 1. The molecular weight excluding hydrogens is 250 g/mol. The van der Waals surface area contributed by atoms with E-state index >= 15 is 0 Å². The molecule has 0 aliphatic heterocycles. The van der Waals surface area contributed by atoms with Gasteiger partial charge >= 0.3 is 0 Å². The van der Waals surface area contributed by atoms with Crippen LogP contribution in [0.15, 0.2) is 40.9 Å². The Hall–Kier alpha value is -1.94. The van der Waals surface area contributed by atoms with Crippen molar-refractivity contribution in [3.63, 3.8) is 0 Å². The van der Waals surface area contributed by atoms with E-state index in [9.17, 15) is 0 Å². The summed E-state index contributed by atoms with van der Waals surface area (Å²) in [5.74, 6) is 1.98. The zero-order chi connectivity index (χ0) is 13.5. The molecule has 0 bridgehead atoms. The van der Waals surface area contributed by atoms with E-state index in [1.54, 1.807) is 0 Å². The average Bonchev–Trinajstić information content (AvgIpc) is 3.15. The zero-order valence-electron chi connectivity index (χ0n) is 11.2. The minimum atomic E-state index is 0.113. The highest BCUT2D eigenvalue weighted by molar-refractivity contribution is 5.38. The molecule has 1 aromatic carbocycles. The molecule has 102 valence electrons. The molecule has 1 aromatic heterocycles. The Morgan fingerprint density at radius 3 is 2.95 bits per heavy atom. The molecule has 3 atom stereocenters. The van der Waals surface area contributed by atoms with Crippen LogP contribution in [0.25, 0.3) is 0 Å². The predicted molar refractivity (Wildman–Crippen MR) is 75.4 cm³/mol. The largest absolute Gasteiger partial charge is 0.339 e. The fourth-order valence-corrected chi connectivity index (χ4v) is 3.28. The quantitative estimate of drug-likeness (QED) is 0.849. The molecule has 0 saturated carbocycles. The molecule has 2 aliphatic rings. The number of aryl methyl sites for hydroxylation is 1. The molecule has 20 heavy (non-hydrogen) atoms. The lowest BCUT2D eigenvalue weighted by molar-refractivity contribution is 0.358. The maximum atomic E-state index is 5.88. The summed E-state index contributed by atoms with van der Waals surface area (Å²) in [5.41, 5.74) is 8.63. The van der Waals surface area contributed by atoms with Crippen LogP contribution in [-0.4, -0.2) is 16.2 Å². The van der Waals surface area contributed by atoms with Gasteiger partial charge < -0.3 is 10.3 Å². The van der Waals surface area contributed by atoms with Crippen LogP contribution in [0.4, 0.5) is 0 Å². The molecule has 0 saturated heterocycles. The summed E-state index contributed by atoms with van der Waals surface area (Å²) < 4.78 is 5.46. The van der Waals surface area contributed by atoms with E-state index in [4.69, 9.17) is 10.3 Å². The van der Waals surface area contributed by atoms with E-state index in [1.165, 1.54) is 11.1 Å². The monoisotopic (exact) mass is 267 g/mol. The van der Waals surface area contributed by atoms with E-state index < -0.39 is 0 Å². The lowest BCUT2D eigenvalue weighted by atomic mass is 10.0. The summed E-state index contributed by atoms with van der Waals surface area (Å²) in [6.07, 6.45) is 7.12. The Kier molecular flexibility index (Phi) is 2.70. The highest BCUT2D eigenvalue weighted by atomic mass is 16.5. The van der Waals surface area contributed by atoms with Gasteiger partial charge in [-0.2, -0.15) is 4.98 Å². The molecule has 4 heteroatoms. The van der Waals surface area contributed by atoms with Gasteiger partial charge in [-0.05, 0) is 30.4 Å². The number of hydrogen-bond acceptors (Lipinski definition) is 4. The Morgan fingerprint density at radius 1 is 1.20 bits per heavy atom. The summed E-state index contributed by atoms with van der Waals surface area (Å²) in [6, 6.07) is 8.65. The first-order valence-electron chi connectivity index (χ1n) is 7.16. The van der Waals surface area contributed by atoms with Crippen LogP contribution in [0.2, 0.25) is 0 Å². The molecule has 4 nitrogen and oxygen atoms in total. The second-order valence-electron chi connectivity index (χ2n) is 5.67. The summed E-state index contributed by atoms with van der Waals surface area (Å²) >= 11 is 0. The van der Waals surface area contributed by atoms with Crippen molar-refractivity contribution in [1.29, 1.82) is 0 Å². The van der Waals surface area contributed by atoms with Crippen LogP contribution >= 0.6 is 0 Å². The van der Waals surface area contributed by atoms with Crippen molar-refractivity contribution in [2.24, 2.45) is 5.73 Å². The van der Waals surface area contributed by atoms with Gasteiger partial charge in [0, 0.05) is 12.0 Å². The number of hydrogen-bond donors (Lipinski definition) is 1. The van der Waals surface area contributed by atoms with E-state index in [0.29, 0.717) is 5.89 Å². The first kappa shape index (κ1) is 11.9. The number of rotatable bonds is 2. The standard InChI is InChI=1S/C16H17N3O/c17-12-7-5-11(9-12)16-18-15(19-20-16)14-8-6-10-3-1-2-4-13(10)14/h1-5,7,11-12,14H,6,8-9,17H2. The molecule has 2 N–H and O–H groups in total. The van der Waals surface area contributed by atoms with Gasteiger partial charge in [-0.3, -0.25) is 0 Å². The number of fused-ring (bicyclic) bond motifs is 1.